The average Bonchev–Trinajstić information content (AvgIpc) is 3.41. The molecular weight excluding hydrogens is 434 g/mol. The van der Waals surface area contributed by atoms with Crippen LogP contribution in [0.1, 0.15) is 18.7 Å². The number of amidine groups is 1. The normalized spacial score (nSPS) is 15.8. The molecule has 0 saturated carbocycles. The first-order valence-electron chi connectivity index (χ1n) is 10.7. The van der Waals surface area contributed by atoms with Crippen molar-refractivity contribution in [3.05, 3.63) is 89.6 Å². The Bertz CT molecular complexity index is 1340. The van der Waals surface area contributed by atoms with Gasteiger partial charge >= 0.3 is 0 Å². The van der Waals surface area contributed by atoms with Crippen molar-refractivity contribution in [1.29, 1.82) is 0 Å². The van der Waals surface area contributed by atoms with Gasteiger partial charge in [-0.15, -0.1) is 5.10 Å². The molecule has 0 radical (unpaired) electrons. The summed E-state index contributed by atoms with van der Waals surface area (Å²) in [5, 5.41) is 8.42. The van der Waals surface area contributed by atoms with Gasteiger partial charge in [-0.1, -0.05) is 29.8 Å². The lowest BCUT2D eigenvalue weighted by Crippen LogP contribution is -2.37. The van der Waals surface area contributed by atoms with Crippen molar-refractivity contribution in [3.8, 4) is 0 Å². The fourth-order valence-corrected chi connectivity index (χ4v) is 4.34. The number of nitrogens with one attached hydrogen (secondary N) is 1. The summed E-state index contributed by atoms with van der Waals surface area (Å²) in [4.78, 5) is 20.2. The second kappa shape index (κ2) is 8.30. The Kier molecular flexibility index (Phi) is 5.30. The highest BCUT2D eigenvalue weighted by Crippen LogP contribution is 2.41. The van der Waals surface area contributed by atoms with Crippen LogP contribution in [0, 0.1) is 0 Å². The van der Waals surface area contributed by atoms with E-state index in [-0.39, 0.29) is 11.9 Å². The maximum atomic E-state index is 12.8. The van der Waals surface area contributed by atoms with Gasteiger partial charge in [-0.2, -0.15) is 0 Å². The molecule has 0 bridgehead atoms. The van der Waals surface area contributed by atoms with E-state index in [1.165, 1.54) is 0 Å². The molecule has 0 saturated heterocycles. The number of fused-ring (bicyclic) bond motifs is 1. The molecule has 0 fully saturated rings. The molecule has 0 amide bonds. The van der Waals surface area contributed by atoms with Crippen LogP contribution in [0.2, 0.25) is 5.02 Å². The van der Waals surface area contributed by atoms with Crippen molar-refractivity contribution >= 4 is 51.2 Å². The zero-order valence-electron chi connectivity index (χ0n) is 18.7. The number of H-pyrrole nitrogens is 1. The van der Waals surface area contributed by atoms with Gasteiger partial charge in [0.2, 0.25) is 0 Å². The van der Waals surface area contributed by atoms with E-state index >= 15 is 0 Å². The number of hydrogen-bond donors (Lipinski definition) is 1. The minimum absolute atomic E-state index is 0.104. The van der Waals surface area contributed by atoms with Gasteiger partial charge in [-0.3, -0.25) is 9.69 Å². The third-order valence-electron chi connectivity index (χ3n) is 5.86. The Balaban J connectivity index is 1.71. The smallest absolute Gasteiger partial charge is 0.198 e. The lowest BCUT2D eigenvalue weighted by Gasteiger charge is -2.32. The molecule has 5 rings (SSSR count). The first-order valence-corrected chi connectivity index (χ1v) is 11.1. The summed E-state index contributed by atoms with van der Waals surface area (Å²) < 4.78 is 0. The van der Waals surface area contributed by atoms with Crippen molar-refractivity contribution in [2.24, 2.45) is 5.10 Å². The summed E-state index contributed by atoms with van der Waals surface area (Å²) in [6.07, 6.45) is 1.64. The Hall–Kier alpha value is -3.77. The van der Waals surface area contributed by atoms with Crippen LogP contribution in [0.3, 0.4) is 0 Å². The SMILES string of the molecule is CC(=O)C1=NN(c2ccc(Cl)cc2)[C@H](c2c[nH]c3ccccc23)N1c1ccc(N(C)C)cc1. The number of benzene rings is 3. The summed E-state index contributed by atoms with van der Waals surface area (Å²) in [5.74, 6) is 0.283. The van der Waals surface area contributed by atoms with Crippen molar-refractivity contribution in [2.45, 2.75) is 13.1 Å². The van der Waals surface area contributed by atoms with Gasteiger partial charge in [-0.25, -0.2) is 5.01 Å². The predicted octanol–water partition coefficient (Wildman–Crippen LogP) is 5.82. The van der Waals surface area contributed by atoms with E-state index in [0.29, 0.717) is 10.9 Å². The molecule has 0 unspecified atom stereocenters. The number of ketones is 1. The van der Waals surface area contributed by atoms with Crippen LogP contribution in [0.15, 0.2) is 84.1 Å². The number of carbonyl (C=O) groups excluding carboxylic acids is 1. The zero-order chi connectivity index (χ0) is 23.1. The highest BCUT2D eigenvalue weighted by Gasteiger charge is 2.40. The number of aromatic nitrogens is 1. The number of rotatable bonds is 5. The number of para-hydroxylation sites is 1. The molecule has 33 heavy (non-hydrogen) atoms. The summed E-state index contributed by atoms with van der Waals surface area (Å²) in [6.45, 7) is 1.55. The monoisotopic (exact) mass is 457 g/mol. The summed E-state index contributed by atoms with van der Waals surface area (Å²) in [5.41, 5.74) is 4.87. The largest absolute Gasteiger partial charge is 0.378 e. The molecule has 1 aromatic heterocycles. The molecule has 3 aromatic carbocycles. The molecule has 6 nitrogen and oxygen atoms in total. The topological polar surface area (TPSA) is 54.9 Å². The Morgan fingerprint density at radius 2 is 1.64 bits per heavy atom. The Morgan fingerprint density at radius 3 is 2.30 bits per heavy atom. The lowest BCUT2D eigenvalue weighted by atomic mass is 10.1. The molecule has 0 aliphatic carbocycles. The first-order chi connectivity index (χ1) is 15.9. The summed E-state index contributed by atoms with van der Waals surface area (Å²) >= 11 is 6.15. The molecular formula is C26H24ClN5O. The van der Waals surface area contributed by atoms with E-state index in [2.05, 4.69) is 11.1 Å². The second-order valence-electron chi connectivity index (χ2n) is 8.24. The average molecular weight is 458 g/mol. The van der Waals surface area contributed by atoms with Gasteiger partial charge in [0.25, 0.3) is 0 Å². The van der Waals surface area contributed by atoms with Gasteiger partial charge in [0.1, 0.15) is 0 Å². The van der Waals surface area contributed by atoms with Crippen LogP contribution in [0.25, 0.3) is 10.9 Å². The molecule has 1 aliphatic heterocycles. The molecule has 7 heteroatoms. The lowest BCUT2D eigenvalue weighted by molar-refractivity contribution is -0.111. The van der Waals surface area contributed by atoms with Crippen LogP contribution in [-0.2, 0) is 4.79 Å². The number of aromatic amines is 1. The zero-order valence-corrected chi connectivity index (χ0v) is 19.4. The predicted molar refractivity (Wildman–Crippen MR) is 136 cm³/mol. The highest BCUT2D eigenvalue weighted by atomic mass is 35.5. The third-order valence-corrected chi connectivity index (χ3v) is 6.11. The minimum atomic E-state index is -0.355. The van der Waals surface area contributed by atoms with Crippen molar-refractivity contribution < 1.29 is 4.79 Å². The maximum Gasteiger partial charge on any atom is 0.198 e. The van der Waals surface area contributed by atoms with Crippen LogP contribution >= 0.6 is 11.6 Å². The number of hydrazone groups is 1. The minimum Gasteiger partial charge on any atom is -0.378 e. The maximum absolute atomic E-state index is 12.8. The Morgan fingerprint density at radius 1 is 0.970 bits per heavy atom. The number of hydrogen-bond acceptors (Lipinski definition) is 5. The number of anilines is 3. The third kappa shape index (κ3) is 3.72. The fraction of sp³-hybridized carbons (Fsp3) is 0.154. The van der Waals surface area contributed by atoms with Crippen molar-refractivity contribution in [1.82, 2.24) is 4.98 Å². The fourth-order valence-electron chi connectivity index (χ4n) is 4.22. The molecule has 1 atom stereocenters. The van der Waals surface area contributed by atoms with Gasteiger partial charge in [-0.05, 0) is 54.6 Å². The number of nitrogens with zero attached hydrogens (tertiary/aromatic N) is 4. The van der Waals surface area contributed by atoms with Crippen molar-refractivity contribution in [3.63, 3.8) is 0 Å². The standard InChI is InChI=1S/C26H24ClN5O/c1-17(33)25-29-32(21-10-8-18(27)9-11-21)26(23-16-28-24-7-5-4-6-22(23)24)31(25)20-14-12-19(13-15-20)30(2)3/h4-16,26,28H,1-3H3/t26-/m1/s1. The number of halogens is 1. The molecule has 1 N–H and O–H groups in total. The van der Waals surface area contributed by atoms with Crippen LogP contribution in [0.5, 0.6) is 0 Å². The summed E-state index contributed by atoms with van der Waals surface area (Å²) in [7, 11) is 4.01. The molecule has 4 aromatic rings. The van der Waals surface area contributed by atoms with Gasteiger partial charge in [0, 0.05) is 60.1 Å². The number of carbonyl (C=O) groups is 1. The Labute approximate surface area is 197 Å². The summed E-state index contributed by atoms with van der Waals surface area (Å²) in [6, 6.07) is 23.8. The molecule has 1 aliphatic rings. The second-order valence-corrected chi connectivity index (χ2v) is 8.68. The van der Waals surface area contributed by atoms with Crippen LogP contribution in [0.4, 0.5) is 17.1 Å². The van der Waals surface area contributed by atoms with Crippen molar-refractivity contribution in [2.75, 3.05) is 28.9 Å². The van der Waals surface area contributed by atoms with E-state index < -0.39 is 0 Å². The number of Topliss-reactive ketones (excluding diaryl/α,β-unsaturated/α-hetero) is 1. The van der Waals surface area contributed by atoms with Crippen LogP contribution in [-0.4, -0.2) is 30.7 Å². The van der Waals surface area contributed by atoms with Gasteiger partial charge in [0.05, 0.1) is 5.69 Å². The van der Waals surface area contributed by atoms with E-state index in [9.17, 15) is 4.79 Å². The molecule has 166 valence electrons. The van der Waals surface area contributed by atoms with E-state index in [1.54, 1.807) is 6.92 Å². The van der Waals surface area contributed by atoms with Gasteiger partial charge in [0.15, 0.2) is 17.8 Å². The van der Waals surface area contributed by atoms with Gasteiger partial charge < -0.3 is 9.88 Å². The van der Waals surface area contributed by atoms with E-state index in [4.69, 9.17) is 16.7 Å². The van der Waals surface area contributed by atoms with Crippen LogP contribution < -0.4 is 14.8 Å². The molecule has 2 heterocycles. The van der Waals surface area contributed by atoms with E-state index in [0.717, 1.165) is 33.5 Å². The highest BCUT2D eigenvalue weighted by molar-refractivity contribution is 6.44. The van der Waals surface area contributed by atoms with E-state index in [1.807, 2.05) is 102 Å². The quantitative estimate of drug-likeness (QED) is 0.410. The first kappa shape index (κ1) is 21.1. The molecule has 0 spiro atoms.